The molecule has 0 N–H and O–H groups in total. The number of hydrogen-bond donors (Lipinski definition) is 0. The molecular formula is C39H45N4+. The van der Waals surface area contributed by atoms with E-state index >= 15 is 0 Å². The third-order valence-corrected chi connectivity index (χ3v) is 9.28. The molecule has 2 heterocycles. The number of anilines is 2. The van der Waals surface area contributed by atoms with Gasteiger partial charge in [-0.05, 0) is 71.9 Å². The van der Waals surface area contributed by atoms with Gasteiger partial charge in [-0.25, -0.2) is 0 Å². The molecule has 0 unspecified atom stereocenters. The number of allylic oxidation sites excluding steroid dienone is 4. The number of nitrogens with zero attached hydrogens (tertiary/aromatic N) is 4. The zero-order valence-corrected chi connectivity index (χ0v) is 26.7. The van der Waals surface area contributed by atoms with Crippen LogP contribution in [0.3, 0.4) is 0 Å². The van der Waals surface area contributed by atoms with E-state index in [1.807, 2.05) is 0 Å². The van der Waals surface area contributed by atoms with Gasteiger partial charge in [-0.1, -0.05) is 48.6 Å². The molecule has 0 aliphatic carbocycles. The van der Waals surface area contributed by atoms with E-state index in [1.54, 1.807) is 0 Å². The summed E-state index contributed by atoms with van der Waals surface area (Å²) in [5, 5.41) is 8.04. The van der Waals surface area contributed by atoms with Crippen molar-refractivity contribution in [1.82, 2.24) is 4.57 Å². The second-order valence-electron chi connectivity index (χ2n) is 11.2. The number of aryl methyl sites for hydroxylation is 1. The molecule has 0 bridgehead atoms. The fourth-order valence-corrected chi connectivity index (χ4v) is 7.25. The summed E-state index contributed by atoms with van der Waals surface area (Å²) in [4.78, 5) is 4.91. The lowest BCUT2D eigenvalue weighted by atomic mass is 10.00. The predicted molar refractivity (Wildman–Crippen MR) is 189 cm³/mol. The Morgan fingerprint density at radius 3 is 1.93 bits per heavy atom. The Kier molecular flexibility index (Phi) is 8.12. The minimum Gasteiger partial charge on any atom is -0.372 e. The van der Waals surface area contributed by atoms with Crippen LogP contribution < -0.4 is 15.1 Å². The third-order valence-electron chi connectivity index (χ3n) is 9.28. The number of benzene rings is 4. The summed E-state index contributed by atoms with van der Waals surface area (Å²) in [5.41, 5.74) is 7.88. The monoisotopic (exact) mass is 569 g/mol. The van der Waals surface area contributed by atoms with E-state index in [0.717, 1.165) is 39.3 Å². The molecule has 0 radical (unpaired) electrons. The van der Waals surface area contributed by atoms with Crippen LogP contribution in [0.25, 0.3) is 38.5 Å². The van der Waals surface area contributed by atoms with Crippen molar-refractivity contribution in [2.24, 2.45) is 0 Å². The van der Waals surface area contributed by atoms with Crippen LogP contribution in [0, 0.1) is 0 Å². The SMILES string of the molecule is CCN(CC)c1ccc2c3c(cccc13)C(/C=C/C=C/C=c1/c3cccc4c(N(CC)CC)ccc(c43)n1CC)=[N+]2CC. The third kappa shape index (κ3) is 4.64. The topological polar surface area (TPSA) is 14.4 Å². The summed E-state index contributed by atoms with van der Waals surface area (Å²) in [6, 6.07) is 22.8. The number of hydrogen-bond acceptors (Lipinski definition) is 2. The first-order valence-electron chi connectivity index (χ1n) is 16.2. The van der Waals surface area contributed by atoms with E-state index in [1.165, 1.54) is 66.1 Å². The first-order chi connectivity index (χ1) is 21.1. The van der Waals surface area contributed by atoms with E-state index in [9.17, 15) is 0 Å². The van der Waals surface area contributed by atoms with Crippen molar-refractivity contribution in [2.45, 2.75) is 48.1 Å². The minimum absolute atomic E-state index is 0.936. The van der Waals surface area contributed by atoms with Gasteiger partial charge in [-0.3, -0.25) is 0 Å². The van der Waals surface area contributed by atoms with Crippen LogP contribution in [0.15, 0.2) is 85.0 Å². The first kappa shape index (κ1) is 28.8. The van der Waals surface area contributed by atoms with Crippen molar-refractivity contribution in [3.05, 3.63) is 95.9 Å². The standard InChI is InChI=1S/C39H45N4/c1-7-40(8-2)32-24-26-36-38-28(32)18-16-20-30(38)34(42(36)11-5)22-14-13-15-23-35-31-21-17-19-29-33(41(9-3)10-4)25-27-37(39(29)31)43(35)12-6/h13-27H,7-12H2,1-6H3/q+1. The van der Waals surface area contributed by atoms with Gasteiger partial charge in [0, 0.05) is 88.7 Å². The molecule has 1 aliphatic heterocycles. The molecule has 0 amide bonds. The van der Waals surface area contributed by atoms with Crippen molar-refractivity contribution in [1.29, 1.82) is 0 Å². The summed E-state index contributed by atoms with van der Waals surface area (Å²) in [6.45, 7) is 19.3. The Balaban J connectivity index is 1.38. The van der Waals surface area contributed by atoms with Crippen LogP contribution in [0.4, 0.5) is 17.1 Å². The summed E-state index contributed by atoms with van der Waals surface area (Å²) in [7, 11) is 0. The van der Waals surface area contributed by atoms with Crippen molar-refractivity contribution < 1.29 is 4.58 Å². The van der Waals surface area contributed by atoms with E-state index in [4.69, 9.17) is 0 Å². The summed E-state index contributed by atoms with van der Waals surface area (Å²) < 4.78 is 4.90. The second-order valence-corrected chi connectivity index (χ2v) is 11.2. The van der Waals surface area contributed by atoms with Crippen molar-refractivity contribution in [2.75, 3.05) is 42.5 Å². The van der Waals surface area contributed by atoms with Gasteiger partial charge in [0.2, 0.25) is 11.4 Å². The molecule has 0 fully saturated rings. The van der Waals surface area contributed by atoms with Crippen LogP contribution >= 0.6 is 0 Å². The van der Waals surface area contributed by atoms with Gasteiger partial charge in [0.05, 0.1) is 10.9 Å². The molecular weight excluding hydrogens is 524 g/mol. The van der Waals surface area contributed by atoms with Crippen molar-refractivity contribution in [3.63, 3.8) is 0 Å². The number of aromatic nitrogens is 1. The molecule has 5 aromatic rings. The Morgan fingerprint density at radius 2 is 1.28 bits per heavy atom. The van der Waals surface area contributed by atoms with Crippen LogP contribution in [0.5, 0.6) is 0 Å². The largest absolute Gasteiger partial charge is 0.372 e. The maximum atomic E-state index is 2.45. The van der Waals surface area contributed by atoms with Crippen LogP contribution in [0.1, 0.15) is 47.1 Å². The summed E-state index contributed by atoms with van der Waals surface area (Å²) in [5.74, 6) is 0. The Labute approximate surface area is 256 Å². The molecule has 1 aromatic heterocycles. The van der Waals surface area contributed by atoms with Gasteiger partial charge >= 0.3 is 0 Å². The van der Waals surface area contributed by atoms with Gasteiger partial charge in [-0.15, -0.1) is 0 Å². The quantitative estimate of drug-likeness (QED) is 0.117. The highest BCUT2D eigenvalue weighted by molar-refractivity contribution is 6.21. The van der Waals surface area contributed by atoms with E-state index in [2.05, 4.69) is 152 Å². The van der Waals surface area contributed by atoms with E-state index < -0.39 is 0 Å². The lowest BCUT2D eigenvalue weighted by Crippen LogP contribution is -2.22. The smallest absolute Gasteiger partial charge is 0.214 e. The fourth-order valence-electron chi connectivity index (χ4n) is 7.25. The van der Waals surface area contributed by atoms with Crippen molar-refractivity contribution >= 4 is 61.3 Å². The highest BCUT2D eigenvalue weighted by Gasteiger charge is 2.30. The average Bonchev–Trinajstić information content (AvgIpc) is 3.53. The Hall–Kier alpha value is -4.31. The lowest BCUT2D eigenvalue weighted by molar-refractivity contribution is -0.430. The van der Waals surface area contributed by atoms with Crippen LogP contribution in [-0.2, 0) is 6.54 Å². The first-order valence-corrected chi connectivity index (χ1v) is 16.2. The zero-order chi connectivity index (χ0) is 30.1. The highest BCUT2D eigenvalue weighted by atomic mass is 15.1. The molecule has 0 saturated carbocycles. The lowest BCUT2D eigenvalue weighted by Gasteiger charge is -2.23. The molecule has 0 saturated heterocycles. The molecule has 4 heteroatoms. The van der Waals surface area contributed by atoms with Crippen LogP contribution in [0.2, 0.25) is 0 Å². The van der Waals surface area contributed by atoms with E-state index in [-0.39, 0.29) is 0 Å². The zero-order valence-electron chi connectivity index (χ0n) is 26.7. The summed E-state index contributed by atoms with van der Waals surface area (Å²) >= 11 is 0. The summed E-state index contributed by atoms with van der Waals surface area (Å²) in [6.07, 6.45) is 11.1. The van der Waals surface area contributed by atoms with Gasteiger partial charge in [-0.2, -0.15) is 4.58 Å². The van der Waals surface area contributed by atoms with E-state index in [0.29, 0.717) is 0 Å². The molecule has 4 aromatic carbocycles. The predicted octanol–water partition coefficient (Wildman–Crippen LogP) is 8.44. The van der Waals surface area contributed by atoms with Crippen LogP contribution in [-0.4, -0.2) is 47.6 Å². The van der Waals surface area contributed by atoms with Gasteiger partial charge in [0.25, 0.3) is 0 Å². The second kappa shape index (κ2) is 12.1. The van der Waals surface area contributed by atoms with Crippen molar-refractivity contribution in [3.8, 4) is 0 Å². The average molecular weight is 570 g/mol. The fraction of sp³-hybridized carbons (Fsp3) is 0.308. The molecule has 220 valence electrons. The Morgan fingerprint density at radius 1 is 0.651 bits per heavy atom. The maximum Gasteiger partial charge on any atom is 0.214 e. The van der Waals surface area contributed by atoms with Gasteiger partial charge < -0.3 is 14.4 Å². The molecule has 4 nitrogen and oxygen atoms in total. The normalized spacial score (nSPS) is 13.8. The maximum absolute atomic E-state index is 2.45. The van der Waals surface area contributed by atoms with Gasteiger partial charge in [0.1, 0.15) is 6.54 Å². The molecule has 6 rings (SSSR count). The number of rotatable bonds is 11. The molecule has 0 spiro atoms. The molecule has 43 heavy (non-hydrogen) atoms. The van der Waals surface area contributed by atoms with Gasteiger partial charge in [0.15, 0.2) is 0 Å². The molecule has 1 aliphatic rings. The molecule has 0 atom stereocenters. The highest BCUT2D eigenvalue weighted by Crippen LogP contribution is 2.40. The Bertz CT molecular complexity index is 1940. The minimum atomic E-state index is 0.936.